The highest BCUT2D eigenvalue weighted by Gasteiger charge is 2.32. The summed E-state index contributed by atoms with van der Waals surface area (Å²) in [5.74, 6) is -0.556. The lowest BCUT2D eigenvalue weighted by molar-refractivity contribution is 0.102. The number of hydrogen-bond donors (Lipinski definition) is 1. The van der Waals surface area contributed by atoms with Gasteiger partial charge in [-0.25, -0.2) is 27.6 Å². The molecule has 0 aliphatic carbocycles. The Hall–Kier alpha value is -3.87. The van der Waals surface area contributed by atoms with E-state index in [9.17, 15) is 22.4 Å². The predicted molar refractivity (Wildman–Crippen MR) is 114 cm³/mol. The summed E-state index contributed by atoms with van der Waals surface area (Å²) in [6.45, 7) is 2.12. The molecule has 0 unspecified atom stereocenters. The highest BCUT2D eigenvalue weighted by Crippen LogP contribution is 2.32. The molecule has 3 heterocycles. The van der Waals surface area contributed by atoms with Crippen molar-refractivity contribution in [2.75, 3.05) is 23.1 Å². The van der Waals surface area contributed by atoms with Gasteiger partial charge in [-0.15, -0.1) is 5.10 Å². The Bertz CT molecular complexity index is 1340. The minimum absolute atomic E-state index is 0.123. The summed E-state index contributed by atoms with van der Waals surface area (Å²) in [7, 11) is -3.62. The van der Waals surface area contributed by atoms with Crippen molar-refractivity contribution < 1.29 is 27.1 Å². The van der Waals surface area contributed by atoms with Crippen LogP contribution >= 0.6 is 0 Å². The standard InChI is InChI=1S/C20H19FN6O5S/c1-3-32-20(29)27-15-11-26(16-8-9-22-19(23-16)33(2,30)31)10-14(15)17(25-27)24-18(28)12-4-6-13(21)7-5-12/h4-9H,3,10-11H2,1-2H3,(H,24,25,28). The summed E-state index contributed by atoms with van der Waals surface area (Å²) < 4.78 is 42.9. The van der Waals surface area contributed by atoms with Gasteiger partial charge in [0.1, 0.15) is 11.6 Å². The number of nitrogens with zero attached hydrogens (tertiary/aromatic N) is 5. The van der Waals surface area contributed by atoms with Gasteiger partial charge in [0.15, 0.2) is 5.82 Å². The molecule has 1 amide bonds. The Labute approximate surface area is 188 Å². The number of anilines is 2. The number of aromatic nitrogens is 4. The number of fused-ring (bicyclic) bond motifs is 1. The number of benzene rings is 1. The molecule has 0 saturated carbocycles. The summed E-state index contributed by atoms with van der Waals surface area (Å²) >= 11 is 0. The molecule has 1 N–H and O–H groups in total. The van der Waals surface area contributed by atoms with E-state index in [0.29, 0.717) is 17.1 Å². The number of nitrogens with one attached hydrogen (secondary N) is 1. The molecule has 1 aliphatic heterocycles. The number of carbonyl (C=O) groups is 2. The molecule has 13 heteroatoms. The summed E-state index contributed by atoms with van der Waals surface area (Å²) in [5, 5.41) is 6.52. The molecular formula is C20H19FN6O5S. The Kier molecular flexibility index (Phi) is 5.80. The number of ether oxygens (including phenoxy) is 1. The molecule has 1 aliphatic rings. The predicted octanol–water partition coefficient (Wildman–Crippen LogP) is 1.99. The van der Waals surface area contributed by atoms with Crippen molar-refractivity contribution in [1.29, 1.82) is 0 Å². The Balaban J connectivity index is 1.67. The molecule has 0 radical (unpaired) electrons. The molecular weight excluding hydrogens is 455 g/mol. The van der Waals surface area contributed by atoms with Crippen molar-refractivity contribution in [3.05, 3.63) is 59.2 Å². The summed E-state index contributed by atoms with van der Waals surface area (Å²) in [5.41, 5.74) is 1.21. The second-order valence-corrected chi connectivity index (χ2v) is 9.08. The van der Waals surface area contributed by atoms with E-state index < -0.39 is 27.7 Å². The maximum atomic E-state index is 13.2. The summed E-state index contributed by atoms with van der Waals surface area (Å²) in [6.07, 6.45) is 1.61. The third-order valence-electron chi connectivity index (χ3n) is 4.83. The minimum atomic E-state index is -3.62. The van der Waals surface area contributed by atoms with Gasteiger partial charge in [-0.1, -0.05) is 0 Å². The number of amides is 1. The van der Waals surface area contributed by atoms with Crippen molar-refractivity contribution in [2.24, 2.45) is 0 Å². The van der Waals surface area contributed by atoms with Gasteiger partial charge in [0.25, 0.3) is 5.91 Å². The smallest absolute Gasteiger partial charge is 0.435 e. The fraction of sp³-hybridized carbons (Fsp3) is 0.250. The largest absolute Gasteiger partial charge is 0.448 e. The van der Waals surface area contributed by atoms with Crippen LogP contribution in [0.5, 0.6) is 0 Å². The number of halogens is 1. The Morgan fingerprint density at radius 2 is 1.91 bits per heavy atom. The zero-order valence-corrected chi connectivity index (χ0v) is 18.5. The van der Waals surface area contributed by atoms with E-state index in [-0.39, 0.29) is 36.2 Å². The van der Waals surface area contributed by atoms with E-state index in [1.165, 1.54) is 18.3 Å². The highest BCUT2D eigenvalue weighted by molar-refractivity contribution is 7.90. The molecule has 11 nitrogen and oxygen atoms in total. The van der Waals surface area contributed by atoms with Gasteiger partial charge in [-0.05, 0) is 37.3 Å². The van der Waals surface area contributed by atoms with Crippen LogP contribution in [0.25, 0.3) is 0 Å². The third kappa shape index (κ3) is 4.53. The number of rotatable bonds is 5. The van der Waals surface area contributed by atoms with Crippen LogP contribution in [0.1, 0.15) is 28.5 Å². The van der Waals surface area contributed by atoms with Crippen molar-refractivity contribution in [3.63, 3.8) is 0 Å². The first-order valence-corrected chi connectivity index (χ1v) is 11.7. The third-order valence-corrected chi connectivity index (χ3v) is 5.69. The molecule has 3 aromatic rings. The first-order chi connectivity index (χ1) is 15.7. The van der Waals surface area contributed by atoms with Crippen LogP contribution in [-0.4, -0.2) is 53.0 Å². The topological polar surface area (TPSA) is 136 Å². The van der Waals surface area contributed by atoms with E-state index in [1.54, 1.807) is 17.9 Å². The van der Waals surface area contributed by atoms with Crippen LogP contribution in [-0.2, 0) is 27.7 Å². The van der Waals surface area contributed by atoms with Gasteiger partial charge in [0, 0.05) is 23.6 Å². The monoisotopic (exact) mass is 474 g/mol. The highest BCUT2D eigenvalue weighted by atomic mass is 32.2. The van der Waals surface area contributed by atoms with E-state index >= 15 is 0 Å². The zero-order valence-electron chi connectivity index (χ0n) is 17.6. The van der Waals surface area contributed by atoms with E-state index in [2.05, 4.69) is 20.4 Å². The van der Waals surface area contributed by atoms with Crippen LogP contribution in [0, 0.1) is 5.82 Å². The van der Waals surface area contributed by atoms with Crippen LogP contribution in [0.15, 0.2) is 41.7 Å². The number of sulfone groups is 1. The first-order valence-electron chi connectivity index (χ1n) is 9.80. The second-order valence-electron chi connectivity index (χ2n) is 7.17. The average Bonchev–Trinajstić information content (AvgIpc) is 3.34. The van der Waals surface area contributed by atoms with Gasteiger partial charge in [0.2, 0.25) is 15.0 Å². The normalized spacial score (nSPS) is 13.0. The van der Waals surface area contributed by atoms with E-state index in [1.807, 2.05) is 0 Å². The van der Waals surface area contributed by atoms with E-state index in [4.69, 9.17) is 4.74 Å². The fourth-order valence-electron chi connectivity index (χ4n) is 3.31. The molecule has 0 bridgehead atoms. The molecule has 0 fully saturated rings. The fourth-order valence-corrected chi connectivity index (χ4v) is 3.82. The van der Waals surface area contributed by atoms with Gasteiger partial charge in [-0.3, -0.25) is 4.79 Å². The number of hydrogen-bond acceptors (Lipinski definition) is 9. The molecule has 0 saturated heterocycles. The molecule has 0 spiro atoms. The van der Waals surface area contributed by atoms with Gasteiger partial charge in [0.05, 0.1) is 25.4 Å². The lowest BCUT2D eigenvalue weighted by atomic mass is 10.2. The summed E-state index contributed by atoms with van der Waals surface area (Å²) in [4.78, 5) is 34.7. The van der Waals surface area contributed by atoms with Crippen molar-refractivity contribution in [3.8, 4) is 0 Å². The zero-order chi connectivity index (χ0) is 23.8. The van der Waals surface area contributed by atoms with Gasteiger partial charge < -0.3 is 15.0 Å². The van der Waals surface area contributed by atoms with Crippen LogP contribution < -0.4 is 10.2 Å². The van der Waals surface area contributed by atoms with E-state index in [0.717, 1.165) is 23.1 Å². The quantitative estimate of drug-likeness (QED) is 0.551. The van der Waals surface area contributed by atoms with Gasteiger partial charge in [-0.2, -0.15) is 4.68 Å². The Morgan fingerprint density at radius 3 is 2.58 bits per heavy atom. The maximum absolute atomic E-state index is 13.2. The van der Waals surface area contributed by atoms with Crippen molar-refractivity contribution in [2.45, 2.75) is 25.2 Å². The lowest BCUT2D eigenvalue weighted by Crippen LogP contribution is -2.23. The molecule has 1 aromatic carbocycles. The van der Waals surface area contributed by atoms with Gasteiger partial charge >= 0.3 is 6.09 Å². The van der Waals surface area contributed by atoms with Crippen LogP contribution in [0.4, 0.5) is 20.8 Å². The number of carbonyl (C=O) groups excluding carboxylic acids is 2. The SMILES string of the molecule is CCOC(=O)n1nc(NC(=O)c2ccc(F)cc2)c2c1CN(c1ccnc(S(C)(=O)=O)n1)C2. The van der Waals surface area contributed by atoms with Crippen molar-refractivity contribution >= 4 is 33.5 Å². The minimum Gasteiger partial charge on any atom is -0.448 e. The lowest BCUT2D eigenvalue weighted by Gasteiger charge is -2.17. The Morgan fingerprint density at radius 1 is 1.18 bits per heavy atom. The summed E-state index contributed by atoms with van der Waals surface area (Å²) in [6, 6.07) is 6.51. The van der Waals surface area contributed by atoms with Crippen LogP contribution in [0.2, 0.25) is 0 Å². The molecule has 2 aromatic heterocycles. The van der Waals surface area contributed by atoms with Crippen molar-refractivity contribution in [1.82, 2.24) is 19.7 Å². The van der Waals surface area contributed by atoms with Crippen LogP contribution in [0.3, 0.4) is 0 Å². The first kappa shape index (κ1) is 22.3. The molecule has 172 valence electrons. The molecule has 4 rings (SSSR count). The second kappa shape index (κ2) is 8.58. The molecule has 33 heavy (non-hydrogen) atoms. The average molecular weight is 474 g/mol. The maximum Gasteiger partial charge on any atom is 0.435 e. The molecule has 0 atom stereocenters.